The van der Waals surface area contributed by atoms with E-state index in [0.29, 0.717) is 31.1 Å². The summed E-state index contributed by atoms with van der Waals surface area (Å²) < 4.78 is 21.3. The zero-order valence-corrected chi connectivity index (χ0v) is 15.8. The summed E-state index contributed by atoms with van der Waals surface area (Å²) in [6.07, 6.45) is -0.106. The van der Waals surface area contributed by atoms with Crippen LogP contribution in [0.5, 0.6) is 0 Å². The highest BCUT2D eigenvalue weighted by atomic mass is 32.1. The lowest BCUT2D eigenvalue weighted by atomic mass is 10.3. The van der Waals surface area contributed by atoms with Gasteiger partial charge in [0.25, 0.3) is 0 Å². The highest BCUT2D eigenvalue weighted by Gasteiger charge is 2.13. The third kappa shape index (κ3) is 13.7. The maximum atomic E-state index is 11.3. The van der Waals surface area contributed by atoms with Crippen molar-refractivity contribution in [3.05, 3.63) is 0 Å². The quantitative estimate of drug-likeness (QED) is 0.382. The van der Waals surface area contributed by atoms with Crippen LogP contribution in [-0.4, -0.2) is 61.6 Å². The van der Waals surface area contributed by atoms with Crippen molar-refractivity contribution in [1.29, 1.82) is 0 Å². The van der Waals surface area contributed by atoms with Crippen LogP contribution in [0, 0.1) is 0 Å². The molecule has 0 aromatic carbocycles. The van der Waals surface area contributed by atoms with E-state index in [1.54, 1.807) is 6.92 Å². The summed E-state index contributed by atoms with van der Waals surface area (Å²) in [6.45, 7) is 6.33. The van der Waals surface area contributed by atoms with Crippen LogP contribution in [0.4, 0.5) is 0 Å². The second kappa shape index (κ2) is 13.9. The summed E-state index contributed by atoms with van der Waals surface area (Å²) in [5, 5.41) is 0. The summed E-state index contributed by atoms with van der Waals surface area (Å²) in [6, 6.07) is 0. The van der Waals surface area contributed by atoms with Gasteiger partial charge < -0.3 is 18.9 Å². The Morgan fingerprint density at radius 1 is 0.783 bits per heavy atom. The first-order valence-corrected chi connectivity index (χ1v) is 8.95. The Morgan fingerprint density at radius 3 is 1.83 bits per heavy atom. The molecule has 0 aliphatic heterocycles. The fourth-order valence-corrected chi connectivity index (χ4v) is 1.84. The average Bonchev–Trinajstić information content (AvgIpc) is 2.49. The van der Waals surface area contributed by atoms with Gasteiger partial charge in [-0.1, -0.05) is 0 Å². The Bertz CT molecular complexity index is 340. The van der Waals surface area contributed by atoms with E-state index in [0.717, 1.165) is 0 Å². The molecule has 0 aromatic heterocycles. The molecular formula is C15H28O6S2. The van der Waals surface area contributed by atoms with E-state index >= 15 is 0 Å². The van der Waals surface area contributed by atoms with Crippen molar-refractivity contribution in [2.45, 2.75) is 51.9 Å². The van der Waals surface area contributed by atoms with Crippen LogP contribution in [0.1, 0.15) is 33.6 Å². The molecule has 0 N–H and O–H groups in total. The zero-order valence-electron chi connectivity index (χ0n) is 14.0. The number of hydrogen-bond acceptors (Lipinski definition) is 8. The minimum atomic E-state index is -0.315. The number of carbonyl (C=O) groups excluding carboxylic acids is 2. The van der Waals surface area contributed by atoms with Gasteiger partial charge in [0.2, 0.25) is 0 Å². The van der Waals surface area contributed by atoms with Crippen LogP contribution in [0.3, 0.4) is 0 Å². The van der Waals surface area contributed by atoms with Crippen LogP contribution in [0.25, 0.3) is 0 Å². The minimum Gasteiger partial charge on any atom is -0.463 e. The molecule has 0 saturated heterocycles. The first-order valence-electron chi connectivity index (χ1n) is 7.69. The van der Waals surface area contributed by atoms with E-state index in [-0.39, 0.29) is 43.3 Å². The van der Waals surface area contributed by atoms with E-state index < -0.39 is 0 Å². The molecule has 6 nitrogen and oxygen atoms in total. The van der Waals surface area contributed by atoms with Gasteiger partial charge >= 0.3 is 11.9 Å². The van der Waals surface area contributed by atoms with Gasteiger partial charge in [-0.3, -0.25) is 9.59 Å². The number of hydrogen-bond donors (Lipinski definition) is 2. The van der Waals surface area contributed by atoms with E-state index in [1.165, 1.54) is 0 Å². The molecule has 0 amide bonds. The molecule has 0 radical (unpaired) electrons. The predicted molar refractivity (Wildman–Crippen MR) is 94.3 cm³/mol. The lowest BCUT2D eigenvalue weighted by molar-refractivity contribution is -0.154. The average molecular weight is 369 g/mol. The number of carbonyl (C=O) groups is 2. The Morgan fingerprint density at radius 2 is 1.26 bits per heavy atom. The number of ether oxygens (including phenoxy) is 4. The molecule has 136 valence electrons. The summed E-state index contributed by atoms with van der Waals surface area (Å²) in [5.41, 5.74) is 0. The van der Waals surface area contributed by atoms with Gasteiger partial charge in [0.15, 0.2) is 0 Å². The Kier molecular flexibility index (Phi) is 13.7. The predicted octanol–water partition coefficient (Wildman–Crippen LogP) is 1.91. The van der Waals surface area contributed by atoms with Gasteiger partial charge in [-0.25, -0.2) is 0 Å². The molecule has 0 aromatic rings. The van der Waals surface area contributed by atoms with E-state index in [1.807, 2.05) is 13.8 Å². The van der Waals surface area contributed by atoms with Crippen molar-refractivity contribution in [2.75, 3.05) is 31.3 Å². The zero-order chi connectivity index (χ0) is 17.7. The van der Waals surface area contributed by atoms with Crippen LogP contribution in [0.15, 0.2) is 0 Å². The van der Waals surface area contributed by atoms with E-state index in [2.05, 4.69) is 25.3 Å². The van der Waals surface area contributed by atoms with Crippen molar-refractivity contribution >= 4 is 37.2 Å². The molecule has 0 saturated carbocycles. The second-order valence-electron chi connectivity index (χ2n) is 5.22. The Balaban J connectivity index is 3.74. The van der Waals surface area contributed by atoms with Gasteiger partial charge in [0.05, 0.1) is 38.3 Å². The third-order valence-corrected chi connectivity index (χ3v) is 3.12. The van der Waals surface area contributed by atoms with Crippen LogP contribution in [0.2, 0.25) is 0 Å². The maximum Gasteiger partial charge on any atom is 0.306 e. The normalized spacial score (nSPS) is 14.8. The first kappa shape index (κ1) is 22.6. The van der Waals surface area contributed by atoms with Crippen molar-refractivity contribution in [2.24, 2.45) is 0 Å². The van der Waals surface area contributed by atoms with Crippen molar-refractivity contribution < 1.29 is 28.5 Å². The molecule has 0 fully saturated rings. The molecule has 0 aliphatic rings. The van der Waals surface area contributed by atoms with Crippen LogP contribution in [-0.2, 0) is 28.5 Å². The monoisotopic (exact) mass is 368 g/mol. The Hall–Kier alpha value is -0.440. The fraction of sp³-hybridized carbons (Fsp3) is 0.867. The minimum absolute atomic E-state index is 0.156. The number of rotatable bonds is 13. The lowest BCUT2D eigenvalue weighted by Gasteiger charge is -2.20. The highest BCUT2D eigenvalue weighted by molar-refractivity contribution is 7.80. The van der Waals surface area contributed by atoms with Crippen molar-refractivity contribution in [1.82, 2.24) is 0 Å². The molecule has 3 unspecified atom stereocenters. The summed E-state index contributed by atoms with van der Waals surface area (Å²) >= 11 is 7.93. The maximum absolute atomic E-state index is 11.3. The molecule has 0 bridgehead atoms. The van der Waals surface area contributed by atoms with Crippen molar-refractivity contribution in [3.63, 3.8) is 0 Å². The fourth-order valence-electron chi connectivity index (χ4n) is 1.48. The van der Waals surface area contributed by atoms with E-state index in [9.17, 15) is 9.59 Å². The molecule has 0 heterocycles. The van der Waals surface area contributed by atoms with Crippen LogP contribution >= 0.6 is 25.3 Å². The summed E-state index contributed by atoms with van der Waals surface area (Å²) in [7, 11) is 0. The molecule has 23 heavy (non-hydrogen) atoms. The summed E-state index contributed by atoms with van der Waals surface area (Å²) in [5.74, 6) is 0.372. The lowest BCUT2D eigenvalue weighted by Crippen LogP contribution is -2.28. The second-order valence-corrected chi connectivity index (χ2v) is 6.11. The third-order valence-electron chi connectivity index (χ3n) is 2.67. The van der Waals surface area contributed by atoms with Gasteiger partial charge in [-0.05, 0) is 20.8 Å². The number of thiol groups is 2. The van der Waals surface area contributed by atoms with Gasteiger partial charge in [-0.2, -0.15) is 25.3 Å². The van der Waals surface area contributed by atoms with E-state index in [4.69, 9.17) is 18.9 Å². The molecule has 3 atom stereocenters. The largest absolute Gasteiger partial charge is 0.463 e. The SMILES string of the molecule is CC(COC(=O)CCS)OCC(C)OCC(C)OC(=O)CCS. The highest BCUT2D eigenvalue weighted by Crippen LogP contribution is 2.02. The molecule has 0 spiro atoms. The molecular weight excluding hydrogens is 340 g/mol. The topological polar surface area (TPSA) is 71.1 Å². The van der Waals surface area contributed by atoms with Gasteiger partial charge in [0, 0.05) is 11.5 Å². The molecule has 8 heteroatoms. The van der Waals surface area contributed by atoms with Crippen LogP contribution < -0.4 is 0 Å². The van der Waals surface area contributed by atoms with Gasteiger partial charge in [0.1, 0.15) is 12.7 Å². The Labute approximate surface area is 149 Å². The van der Waals surface area contributed by atoms with Crippen molar-refractivity contribution in [3.8, 4) is 0 Å². The molecule has 0 rings (SSSR count). The standard InChI is InChI=1S/C15H28O6S2/c1-11(19-10-13(3)21-15(17)5-7-23)8-18-12(2)9-20-14(16)4-6-22/h11-13,22-23H,4-10H2,1-3H3. The number of esters is 2. The smallest absolute Gasteiger partial charge is 0.306 e. The van der Waals surface area contributed by atoms with Gasteiger partial charge in [-0.15, -0.1) is 0 Å². The molecule has 0 aliphatic carbocycles. The summed E-state index contributed by atoms with van der Waals surface area (Å²) in [4.78, 5) is 22.5. The first-order chi connectivity index (χ1) is 10.9.